The first-order chi connectivity index (χ1) is 9.58. The van der Waals surface area contributed by atoms with Gasteiger partial charge in [-0.1, -0.05) is 15.9 Å². The molecule has 2 aromatic heterocycles. The Labute approximate surface area is 123 Å². The molecule has 2 aromatic rings. The van der Waals surface area contributed by atoms with Gasteiger partial charge < -0.3 is 9.47 Å². The number of esters is 2. The summed E-state index contributed by atoms with van der Waals surface area (Å²) in [6.07, 6.45) is 1.64. The largest absolute Gasteiger partial charge is 0.462 e. The maximum absolute atomic E-state index is 12.1. The third kappa shape index (κ3) is 2.67. The molecule has 2 heterocycles. The van der Waals surface area contributed by atoms with Crippen LogP contribution in [-0.2, 0) is 9.47 Å². The molecule has 0 aliphatic carbocycles. The number of aromatic nitrogens is 2. The molecule has 7 heteroatoms. The molecular formula is C13H13BrN2O4. The van der Waals surface area contributed by atoms with Gasteiger partial charge in [-0.15, -0.1) is 0 Å². The first-order valence-electron chi connectivity index (χ1n) is 6.10. The summed E-state index contributed by atoms with van der Waals surface area (Å²) in [6.45, 7) is 3.81. The molecule has 0 fully saturated rings. The first-order valence-corrected chi connectivity index (χ1v) is 6.89. The standard InChI is InChI=1S/C13H13BrN2O4/c1-3-19-12(17)10-9-7-8(14)5-6-16(9)15-11(10)13(18)20-4-2/h5-7H,3-4H2,1-2H3. The summed E-state index contributed by atoms with van der Waals surface area (Å²) in [5, 5.41) is 4.10. The van der Waals surface area contributed by atoms with Gasteiger partial charge in [-0.05, 0) is 26.0 Å². The van der Waals surface area contributed by atoms with E-state index in [4.69, 9.17) is 9.47 Å². The van der Waals surface area contributed by atoms with Gasteiger partial charge in [0.15, 0.2) is 5.69 Å². The van der Waals surface area contributed by atoms with Crippen molar-refractivity contribution in [3.05, 3.63) is 34.1 Å². The highest BCUT2D eigenvalue weighted by Gasteiger charge is 2.26. The van der Waals surface area contributed by atoms with Gasteiger partial charge >= 0.3 is 11.9 Å². The van der Waals surface area contributed by atoms with Gasteiger partial charge in [0.05, 0.1) is 18.7 Å². The van der Waals surface area contributed by atoms with Crippen LogP contribution in [0.15, 0.2) is 22.8 Å². The lowest BCUT2D eigenvalue weighted by Crippen LogP contribution is -2.13. The molecular weight excluding hydrogens is 328 g/mol. The Bertz CT molecular complexity index is 666. The molecule has 0 N–H and O–H groups in total. The minimum Gasteiger partial charge on any atom is -0.462 e. The predicted molar refractivity (Wildman–Crippen MR) is 74.8 cm³/mol. The molecule has 20 heavy (non-hydrogen) atoms. The summed E-state index contributed by atoms with van der Waals surface area (Å²) < 4.78 is 12.1. The van der Waals surface area contributed by atoms with Crippen LogP contribution >= 0.6 is 15.9 Å². The third-order valence-electron chi connectivity index (χ3n) is 2.55. The zero-order chi connectivity index (χ0) is 14.7. The predicted octanol–water partition coefficient (Wildman–Crippen LogP) is 2.45. The van der Waals surface area contributed by atoms with Gasteiger partial charge in [0.25, 0.3) is 0 Å². The minimum atomic E-state index is -0.643. The second kappa shape index (κ2) is 6.04. The number of carbonyl (C=O) groups is 2. The Hall–Kier alpha value is -1.89. The summed E-state index contributed by atoms with van der Waals surface area (Å²) in [5.74, 6) is -1.24. The number of carbonyl (C=O) groups excluding carboxylic acids is 2. The normalized spacial score (nSPS) is 10.6. The fourth-order valence-electron chi connectivity index (χ4n) is 1.77. The van der Waals surface area contributed by atoms with Gasteiger partial charge in [-0.3, -0.25) is 0 Å². The summed E-state index contributed by atoms with van der Waals surface area (Å²) >= 11 is 3.32. The van der Waals surface area contributed by atoms with Gasteiger partial charge in [-0.2, -0.15) is 5.10 Å². The van der Waals surface area contributed by atoms with E-state index in [0.717, 1.165) is 4.47 Å². The van der Waals surface area contributed by atoms with Gasteiger partial charge in [0.2, 0.25) is 0 Å². The summed E-state index contributed by atoms with van der Waals surface area (Å²) in [5.41, 5.74) is 0.566. The molecule has 0 bridgehead atoms. The topological polar surface area (TPSA) is 69.9 Å². The van der Waals surface area contributed by atoms with Crippen LogP contribution in [0.5, 0.6) is 0 Å². The second-order valence-electron chi connectivity index (χ2n) is 3.84. The molecule has 0 spiro atoms. The SMILES string of the molecule is CCOC(=O)c1nn2ccc(Br)cc2c1C(=O)OCC. The number of hydrogen-bond donors (Lipinski definition) is 0. The van der Waals surface area contributed by atoms with Crippen LogP contribution in [0, 0.1) is 0 Å². The number of fused-ring (bicyclic) bond motifs is 1. The highest BCUT2D eigenvalue weighted by atomic mass is 79.9. The highest BCUT2D eigenvalue weighted by Crippen LogP contribution is 2.21. The van der Waals surface area contributed by atoms with Crippen molar-refractivity contribution in [2.45, 2.75) is 13.8 Å². The third-order valence-corrected chi connectivity index (χ3v) is 3.04. The number of ether oxygens (including phenoxy) is 2. The van der Waals surface area contributed by atoms with Gasteiger partial charge in [0.1, 0.15) is 5.56 Å². The second-order valence-corrected chi connectivity index (χ2v) is 4.75. The molecule has 0 amide bonds. The molecule has 0 aromatic carbocycles. The van der Waals surface area contributed by atoms with Crippen LogP contribution in [0.2, 0.25) is 0 Å². The zero-order valence-electron chi connectivity index (χ0n) is 11.1. The van der Waals surface area contributed by atoms with Gasteiger partial charge in [-0.25, -0.2) is 14.1 Å². The molecule has 106 valence electrons. The molecule has 0 radical (unpaired) electrons. The number of rotatable bonds is 4. The van der Waals surface area contributed by atoms with E-state index < -0.39 is 11.9 Å². The number of nitrogens with zero attached hydrogens (tertiary/aromatic N) is 2. The average Bonchev–Trinajstić information content (AvgIpc) is 2.77. The summed E-state index contributed by atoms with van der Waals surface area (Å²) in [7, 11) is 0. The molecule has 0 unspecified atom stereocenters. The Morgan fingerprint density at radius 1 is 1.25 bits per heavy atom. The Morgan fingerprint density at radius 2 is 1.90 bits per heavy atom. The summed E-state index contributed by atoms with van der Waals surface area (Å²) in [4.78, 5) is 24.0. The fourth-order valence-corrected chi connectivity index (χ4v) is 2.10. The first kappa shape index (κ1) is 14.5. The molecule has 2 rings (SSSR count). The Kier molecular flexibility index (Phi) is 4.39. The summed E-state index contributed by atoms with van der Waals surface area (Å²) in [6, 6.07) is 3.45. The van der Waals surface area contributed by atoms with Crippen molar-refractivity contribution in [1.82, 2.24) is 9.61 Å². The molecule has 0 saturated carbocycles. The van der Waals surface area contributed by atoms with Crippen molar-refractivity contribution in [3.63, 3.8) is 0 Å². The molecule has 0 saturated heterocycles. The Balaban J connectivity index is 2.63. The van der Waals surface area contributed by atoms with Crippen LogP contribution in [0.1, 0.15) is 34.7 Å². The lowest BCUT2D eigenvalue weighted by Gasteiger charge is -2.03. The monoisotopic (exact) mass is 340 g/mol. The highest BCUT2D eigenvalue weighted by molar-refractivity contribution is 9.10. The fraction of sp³-hybridized carbons (Fsp3) is 0.308. The molecule has 6 nitrogen and oxygen atoms in total. The molecule has 0 aliphatic heterocycles. The van der Waals surface area contributed by atoms with Crippen LogP contribution in [-0.4, -0.2) is 34.8 Å². The number of pyridine rings is 1. The van der Waals surface area contributed by atoms with Crippen molar-refractivity contribution >= 4 is 33.4 Å². The van der Waals surface area contributed by atoms with E-state index in [0.29, 0.717) is 5.52 Å². The quantitative estimate of drug-likeness (QED) is 0.799. The maximum Gasteiger partial charge on any atom is 0.359 e. The van der Waals surface area contributed by atoms with Crippen LogP contribution in [0.25, 0.3) is 5.52 Å². The Morgan fingerprint density at radius 3 is 2.55 bits per heavy atom. The van der Waals surface area contributed by atoms with E-state index in [2.05, 4.69) is 21.0 Å². The van der Waals surface area contributed by atoms with E-state index >= 15 is 0 Å². The van der Waals surface area contributed by atoms with E-state index in [-0.39, 0.29) is 24.5 Å². The maximum atomic E-state index is 12.1. The molecule has 0 atom stereocenters. The smallest absolute Gasteiger partial charge is 0.359 e. The molecule has 0 aliphatic rings. The van der Waals surface area contributed by atoms with Crippen molar-refractivity contribution in [3.8, 4) is 0 Å². The van der Waals surface area contributed by atoms with E-state index in [9.17, 15) is 9.59 Å². The van der Waals surface area contributed by atoms with Gasteiger partial charge in [0, 0.05) is 10.7 Å². The number of halogens is 1. The lowest BCUT2D eigenvalue weighted by molar-refractivity contribution is 0.0476. The van der Waals surface area contributed by atoms with E-state index in [1.165, 1.54) is 4.52 Å². The lowest BCUT2D eigenvalue weighted by atomic mass is 10.2. The van der Waals surface area contributed by atoms with Crippen molar-refractivity contribution in [2.75, 3.05) is 13.2 Å². The van der Waals surface area contributed by atoms with E-state index in [1.807, 2.05) is 0 Å². The van der Waals surface area contributed by atoms with Crippen LogP contribution < -0.4 is 0 Å². The number of hydrogen-bond acceptors (Lipinski definition) is 5. The van der Waals surface area contributed by atoms with Crippen LogP contribution in [0.3, 0.4) is 0 Å². The van der Waals surface area contributed by atoms with E-state index in [1.54, 1.807) is 32.2 Å². The minimum absolute atomic E-state index is 0.0385. The van der Waals surface area contributed by atoms with Crippen LogP contribution in [0.4, 0.5) is 0 Å². The van der Waals surface area contributed by atoms with Crippen molar-refractivity contribution in [1.29, 1.82) is 0 Å². The van der Waals surface area contributed by atoms with Crippen molar-refractivity contribution in [2.24, 2.45) is 0 Å². The van der Waals surface area contributed by atoms with Crippen molar-refractivity contribution < 1.29 is 19.1 Å². The average molecular weight is 341 g/mol. The zero-order valence-corrected chi connectivity index (χ0v) is 12.6.